The first kappa shape index (κ1) is 12.6. The highest BCUT2D eigenvalue weighted by Gasteiger charge is 2.20. The maximum absolute atomic E-state index is 9.07. The van der Waals surface area contributed by atoms with E-state index in [9.17, 15) is 0 Å². The fraction of sp³-hybridized carbons (Fsp3) is 0.500. The van der Waals surface area contributed by atoms with Crippen LogP contribution in [-0.4, -0.2) is 33.9 Å². The summed E-state index contributed by atoms with van der Waals surface area (Å²) in [4.78, 5) is 4.02. The molecule has 1 rings (SSSR count). The second kappa shape index (κ2) is 5.55. The fourth-order valence-electron chi connectivity index (χ4n) is 1.03. The summed E-state index contributed by atoms with van der Waals surface area (Å²) in [5.74, 6) is 0. The monoisotopic (exact) mass is 274 g/mol. The predicted octanol–water partition coefficient (Wildman–Crippen LogP) is 0.677. The van der Waals surface area contributed by atoms with E-state index in [2.05, 4.69) is 26.2 Å². The van der Waals surface area contributed by atoms with Crippen LogP contribution in [0.3, 0.4) is 0 Å². The fourth-order valence-corrected chi connectivity index (χ4v) is 1.44. The van der Waals surface area contributed by atoms with Crippen molar-refractivity contribution in [3.05, 3.63) is 28.5 Å². The molecule has 0 fully saturated rings. The highest BCUT2D eigenvalue weighted by molar-refractivity contribution is 9.10. The summed E-state index contributed by atoms with van der Waals surface area (Å²) in [5.41, 5.74) is 0.347. The Kier molecular flexibility index (Phi) is 4.66. The largest absolute Gasteiger partial charge is 0.394 e. The van der Waals surface area contributed by atoms with E-state index in [0.717, 1.165) is 10.0 Å². The van der Waals surface area contributed by atoms with Crippen LogP contribution in [0.5, 0.6) is 0 Å². The number of rotatable bonds is 5. The number of hydrogen-bond acceptors (Lipinski definition) is 4. The molecule has 15 heavy (non-hydrogen) atoms. The summed E-state index contributed by atoms with van der Waals surface area (Å²) in [7, 11) is 0. The minimum atomic E-state index is -0.650. The van der Waals surface area contributed by atoms with Gasteiger partial charge in [0.05, 0.1) is 18.8 Å². The van der Waals surface area contributed by atoms with Crippen LogP contribution in [0.15, 0.2) is 22.9 Å². The average molecular weight is 275 g/mol. The lowest BCUT2D eigenvalue weighted by atomic mass is 10.1. The van der Waals surface area contributed by atoms with Crippen LogP contribution >= 0.6 is 15.9 Å². The van der Waals surface area contributed by atoms with E-state index in [1.807, 2.05) is 6.07 Å². The first-order chi connectivity index (χ1) is 7.09. The molecule has 0 aliphatic rings. The average Bonchev–Trinajstić information content (AvgIpc) is 2.26. The van der Waals surface area contributed by atoms with Gasteiger partial charge in [0.15, 0.2) is 0 Å². The van der Waals surface area contributed by atoms with Gasteiger partial charge in [0.25, 0.3) is 0 Å². The molecule has 0 aromatic carbocycles. The lowest BCUT2D eigenvalue weighted by Crippen LogP contribution is -2.48. The first-order valence-corrected chi connectivity index (χ1v) is 5.45. The summed E-state index contributed by atoms with van der Waals surface area (Å²) in [6.07, 6.45) is 3.45. The molecule has 0 spiro atoms. The van der Waals surface area contributed by atoms with Crippen molar-refractivity contribution < 1.29 is 10.2 Å². The van der Waals surface area contributed by atoms with Crippen LogP contribution in [0, 0.1) is 0 Å². The second-order valence-corrected chi connectivity index (χ2v) is 4.66. The van der Waals surface area contributed by atoms with Crippen LogP contribution in [-0.2, 0) is 6.54 Å². The Morgan fingerprint density at radius 2 is 2.07 bits per heavy atom. The third-order valence-electron chi connectivity index (χ3n) is 2.18. The van der Waals surface area contributed by atoms with Crippen molar-refractivity contribution in [1.82, 2.24) is 10.3 Å². The number of hydrogen-bond donors (Lipinski definition) is 3. The molecule has 0 aliphatic heterocycles. The number of pyridine rings is 1. The van der Waals surface area contributed by atoms with Crippen molar-refractivity contribution in [2.45, 2.75) is 19.0 Å². The number of nitrogens with one attached hydrogen (secondary N) is 1. The molecule has 0 amide bonds. The number of aliphatic hydroxyl groups excluding tert-OH is 2. The van der Waals surface area contributed by atoms with Gasteiger partial charge in [0, 0.05) is 23.4 Å². The van der Waals surface area contributed by atoms with Crippen molar-refractivity contribution >= 4 is 15.9 Å². The number of aromatic nitrogens is 1. The van der Waals surface area contributed by atoms with Gasteiger partial charge in [-0.1, -0.05) is 0 Å². The van der Waals surface area contributed by atoms with Gasteiger partial charge in [-0.2, -0.15) is 0 Å². The summed E-state index contributed by atoms with van der Waals surface area (Å²) in [6.45, 7) is 2.11. The van der Waals surface area contributed by atoms with Crippen molar-refractivity contribution in [2.75, 3.05) is 13.2 Å². The number of nitrogens with zero attached hydrogens (tertiary/aromatic N) is 1. The maximum atomic E-state index is 9.07. The highest BCUT2D eigenvalue weighted by atomic mass is 79.9. The first-order valence-electron chi connectivity index (χ1n) is 4.66. The van der Waals surface area contributed by atoms with E-state index in [-0.39, 0.29) is 13.2 Å². The van der Waals surface area contributed by atoms with E-state index in [1.165, 1.54) is 0 Å². The molecule has 0 atom stereocenters. The SMILES string of the molecule is CC(CO)(CO)NCc1cncc(Br)c1. The molecule has 0 unspecified atom stereocenters. The topological polar surface area (TPSA) is 65.4 Å². The zero-order chi connectivity index (χ0) is 11.3. The van der Waals surface area contributed by atoms with Gasteiger partial charge in [-0.25, -0.2) is 0 Å². The predicted molar refractivity (Wildman–Crippen MR) is 61.4 cm³/mol. The van der Waals surface area contributed by atoms with Gasteiger partial charge in [0.1, 0.15) is 0 Å². The quantitative estimate of drug-likeness (QED) is 0.739. The molecule has 1 heterocycles. The molecule has 1 aromatic rings. The summed E-state index contributed by atoms with van der Waals surface area (Å²) < 4.78 is 0.913. The Morgan fingerprint density at radius 1 is 1.40 bits per heavy atom. The lowest BCUT2D eigenvalue weighted by Gasteiger charge is -2.26. The molecule has 0 bridgehead atoms. The molecule has 0 saturated heterocycles. The smallest absolute Gasteiger partial charge is 0.0633 e. The second-order valence-electron chi connectivity index (χ2n) is 3.74. The Bertz CT molecular complexity index is 316. The molecular formula is C10H15BrN2O2. The Labute approximate surface area is 97.5 Å². The minimum Gasteiger partial charge on any atom is -0.394 e. The third-order valence-corrected chi connectivity index (χ3v) is 2.61. The molecule has 0 aliphatic carbocycles. The van der Waals surface area contributed by atoms with Gasteiger partial charge < -0.3 is 15.5 Å². The summed E-state index contributed by atoms with van der Waals surface area (Å²) in [6, 6.07) is 1.94. The number of aliphatic hydroxyl groups is 2. The molecule has 5 heteroatoms. The van der Waals surface area contributed by atoms with Crippen LogP contribution in [0.2, 0.25) is 0 Å². The molecular weight excluding hydrogens is 260 g/mol. The molecule has 4 nitrogen and oxygen atoms in total. The Balaban J connectivity index is 2.56. The van der Waals surface area contributed by atoms with Crippen molar-refractivity contribution in [3.8, 4) is 0 Å². The summed E-state index contributed by atoms with van der Waals surface area (Å²) >= 11 is 3.33. The van der Waals surface area contributed by atoms with Crippen LogP contribution in [0.1, 0.15) is 12.5 Å². The normalized spacial score (nSPS) is 11.7. The standard InChI is InChI=1S/C10H15BrN2O2/c1-10(6-14,7-15)13-4-8-2-9(11)5-12-3-8/h2-3,5,13-15H,4,6-7H2,1H3. The molecule has 3 N–H and O–H groups in total. The highest BCUT2D eigenvalue weighted by Crippen LogP contribution is 2.10. The van der Waals surface area contributed by atoms with Crippen LogP contribution < -0.4 is 5.32 Å². The van der Waals surface area contributed by atoms with E-state index >= 15 is 0 Å². The van der Waals surface area contributed by atoms with E-state index in [1.54, 1.807) is 19.3 Å². The van der Waals surface area contributed by atoms with Gasteiger partial charge >= 0.3 is 0 Å². The molecule has 84 valence electrons. The maximum Gasteiger partial charge on any atom is 0.0633 e. The van der Waals surface area contributed by atoms with Crippen molar-refractivity contribution in [2.24, 2.45) is 0 Å². The van der Waals surface area contributed by atoms with E-state index in [0.29, 0.717) is 6.54 Å². The number of halogens is 1. The summed E-state index contributed by atoms with van der Waals surface area (Å²) in [5, 5.41) is 21.2. The lowest BCUT2D eigenvalue weighted by molar-refractivity contribution is 0.103. The van der Waals surface area contributed by atoms with Gasteiger partial charge in [-0.05, 0) is 34.5 Å². The van der Waals surface area contributed by atoms with Crippen LogP contribution in [0.25, 0.3) is 0 Å². The Morgan fingerprint density at radius 3 is 2.60 bits per heavy atom. The van der Waals surface area contributed by atoms with Crippen LogP contribution in [0.4, 0.5) is 0 Å². The minimum absolute atomic E-state index is 0.106. The van der Waals surface area contributed by atoms with E-state index < -0.39 is 5.54 Å². The molecule has 0 saturated carbocycles. The van der Waals surface area contributed by atoms with Crippen molar-refractivity contribution in [3.63, 3.8) is 0 Å². The van der Waals surface area contributed by atoms with Crippen molar-refractivity contribution in [1.29, 1.82) is 0 Å². The van der Waals surface area contributed by atoms with Gasteiger partial charge in [-0.3, -0.25) is 4.98 Å². The molecule has 0 radical (unpaired) electrons. The van der Waals surface area contributed by atoms with Gasteiger partial charge in [-0.15, -0.1) is 0 Å². The zero-order valence-electron chi connectivity index (χ0n) is 8.57. The van der Waals surface area contributed by atoms with E-state index in [4.69, 9.17) is 10.2 Å². The Hall–Kier alpha value is -0.490. The molecule has 1 aromatic heterocycles. The zero-order valence-corrected chi connectivity index (χ0v) is 10.2. The third kappa shape index (κ3) is 3.87. The van der Waals surface area contributed by atoms with Gasteiger partial charge in [0.2, 0.25) is 0 Å².